The van der Waals surface area contributed by atoms with Crippen LogP contribution in [0.25, 0.3) is 0 Å². The molecule has 1 heterocycles. The van der Waals surface area contributed by atoms with Crippen LogP contribution < -0.4 is 5.32 Å². The minimum Gasteiger partial charge on any atom is -0.388 e. The molecule has 1 aliphatic heterocycles. The first-order valence-corrected chi connectivity index (χ1v) is 7.99. The zero-order chi connectivity index (χ0) is 14.8. The lowest BCUT2D eigenvalue weighted by molar-refractivity contribution is -0.131. The van der Waals surface area contributed by atoms with Gasteiger partial charge >= 0.3 is 0 Å². The highest BCUT2D eigenvalue weighted by molar-refractivity contribution is 5.03. The third kappa shape index (κ3) is 3.73. The average molecular weight is 285 g/mol. The van der Waals surface area contributed by atoms with Crippen molar-refractivity contribution >= 4 is 0 Å². The summed E-state index contributed by atoms with van der Waals surface area (Å²) >= 11 is 0. The summed E-state index contributed by atoms with van der Waals surface area (Å²) in [6.45, 7) is 11.7. The molecule has 0 radical (unpaired) electrons. The zero-order valence-corrected chi connectivity index (χ0v) is 13.4. The molecule has 0 aromatic rings. The molecule has 118 valence electrons. The Morgan fingerprint density at radius 2 is 1.95 bits per heavy atom. The van der Waals surface area contributed by atoms with Crippen molar-refractivity contribution in [1.82, 2.24) is 5.32 Å². The molecule has 2 fully saturated rings. The second-order valence-electron chi connectivity index (χ2n) is 7.54. The van der Waals surface area contributed by atoms with Crippen LogP contribution in [0.2, 0.25) is 0 Å². The quantitative estimate of drug-likeness (QED) is 0.783. The Bertz CT molecular complexity index is 311. The van der Waals surface area contributed by atoms with Crippen molar-refractivity contribution in [3.63, 3.8) is 0 Å². The molecule has 0 aromatic carbocycles. The lowest BCUT2D eigenvalue weighted by Gasteiger charge is -2.53. The van der Waals surface area contributed by atoms with Crippen LogP contribution in [0.3, 0.4) is 0 Å². The summed E-state index contributed by atoms with van der Waals surface area (Å²) in [5.41, 5.74) is -0.436. The third-order valence-electron chi connectivity index (χ3n) is 4.91. The van der Waals surface area contributed by atoms with Crippen molar-refractivity contribution in [2.24, 2.45) is 11.3 Å². The number of nitrogens with one attached hydrogen (secondary N) is 1. The highest BCUT2D eigenvalue weighted by Crippen LogP contribution is 2.43. The van der Waals surface area contributed by atoms with E-state index < -0.39 is 5.60 Å². The van der Waals surface area contributed by atoms with E-state index in [2.05, 4.69) is 33.0 Å². The molecule has 0 aromatic heterocycles. The van der Waals surface area contributed by atoms with Gasteiger partial charge in [0.1, 0.15) is 0 Å². The van der Waals surface area contributed by atoms with Crippen LogP contribution in [0.4, 0.5) is 0 Å². The second-order valence-corrected chi connectivity index (χ2v) is 7.54. The fraction of sp³-hybridized carbons (Fsp3) is 1.00. The van der Waals surface area contributed by atoms with E-state index >= 15 is 0 Å². The molecule has 2 N–H and O–H groups in total. The van der Waals surface area contributed by atoms with Crippen LogP contribution in [0.1, 0.15) is 47.0 Å². The van der Waals surface area contributed by atoms with Crippen molar-refractivity contribution in [1.29, 1.82) is 0 Å². The summed E-state index contributed by atoms with van der Waals surface area (Å²) in [7, 11) is 0. The molecule has 2 aliphatic rings. The van der Waals surface area contributed by atoms with Gasteiger partial charge in [-0.3, -0.25) is 0 Å². The molecule has 1 saturated carbocycles. The van der Waals surface area contributed by atoms with Gasteiger partial charge in [-0.15, -0.1) is 0 Å². The molecule has 4 heteroatoms. The standard InChI is InChI=1S/C16H31NO3/c1-12(2)10-20-14-9-13(15(14,3)4)17-11-16(18)5-7-19-8-6-16/h12-14,17-18H,5-11H2,1-4H3. The van der Waals surface area contributed by atoms with E-state index in [9.17, 15) is 5.11 Å². The number of ether oxygens (including phenoxy) is 2. The Balaban J connectivity index is 1.75. The summed E-state index contributed by atoms with van der Waals surface area (Å²) < 4.78 is 11.3. The van der Waals surface area contributed by atoms with Gasteiger partial charge in [-0.1, -0.05) is 27.7 Å². The normalized spacial score (nSPS) is 32.1. The van der Waals surface area contributed by atoms with Gasteiger partial charge in [0, 0.05) is 50.7 Å². The smallest absolute Gasteiger partial charge is 0.0815 e. The minimum absolute atomic E-state index is 0.149. The predicted octanol–water partition coefficient (Wildman–Crippen LogP) is 1.96. The van der Waals surface area contributed by atoms with Gasteiger partial charge in [0.2, 0.25) is 0 Å². The van der Waals surface area contributed by atoms with E-state index in [1.807, 2.05) is 0 Å². The molecule has 2 rings (SSSR count). The Morgan fingerprint density at radius 1 is 1.30 bits per heavy atom. The molecule has 1 aliphatic carbocycles. The van der Waals surface area contributed by atoms with Gasteiger partial charge in [-0.2, -0.15) is 0 Å². The maximum atomic E-state index is 10.5. The summed E-state index contributed by atoms with van der Waals surface area (Å²) in [6, 6.07) is 0.437. The van der Waals surface area contributed by atoms with E-state index in [-0.39, 0.29) is 5.41 Å². The van der Waals surface area contributed by atoms with E-state index in [0.717, 1.165) is 25.9 Å². The van der Waals surface area contributed by atoms with E-state index in [4.69, 9.17) is 9.47 Å². The topological polar surface area (TPSA) is 50.7 Å². The third-order valence-corrected chi connectivity index (χ3v) is 4.91. The van der Waals surface area contributed by atoms with E-state index in [1.54, 1.807) is 0 Å². The number of aliphatic hydroxyl groups is 1. The lowest BCUT2D eigenvalue weighted by Crippen LogP contribution is -2.63. The van der Waals surface area contributed by atoms with Gasteiger partial charge < -0.3 is 19.9 Å². The summed E-state index contributed by atoms with van der Waals surface area (Å²) in [5.74, 6) is 0.584. The zero-order valence-electron chi connectivity index (χ0n) is 13.4. The van der Waals surface area contributed by atoms with Gasteiger partial charge in [-0.05, 0) is 12.3 Å². The number of hydrogen-bond donors (Lipinski definition) is 2. The molecular weight excluding hydrogens is 254 g/mol. The summed E-state index contributed by atoms with van der Waals surface area (Å²) in [6.07, 6.45) is 2.86. The Kier molecular flexibility index (Phi) is 5.11. The number of hydrogen-bond acceptors (Lipinski definition) is 4. The van der Waals surface area contributed by atoms with Crippen LogP contribution >= 0.6 is 0 Å². The van der Waals surface area contributed by atoms with Gasteiger partial charge in [0.15, 0.2) is 0 Å². The van der Waals surface area contributed by atoms with Crippen molar-refractivity contribution in [2.75, 3.05) is 26.4 Å². The van der Waals surface area contributed by atoms with E-state index in [0.29, 0.717) is 37.8 Å². The molecule has 2 unspecified atom stereocenters. The van der Waals surface area contributed by atoms with Crippen LogP contribution in [0.15, 0.2) is 0 Å². The first-order chi connectivity index (χ1) is 9.33. The highest BCUT2D eigenvalue weighted by atomic mass is 16.5. The maximum Gasteiger partial charge on any atom is 0.0815 e. The molecule has 0 spiro atoms. The SMILES string of the molecule is CC(C)COC1CC(NCC2(O)CCOCC2)C1(C)C. The van der Waals surface area contributed by atoms with Crippen LogP contribution in [-0.4, -0.2) is 49.2 Å². The fourth-order valence-corrected chi connectivity index (χ4v) is 3.06. The molecular formula is C16H31NO3. The molecule has 2 atom stereocenters. The fourth-order valence-electron chi connectivity index (χ4n) is 3.06. The molecule has 20 heavy (non-hydrogen) atoms. The molecule has 4 nitrogen and oxygen atoms in total. The van der Waals surface area contributed by atoms with Gasteiger partial charge in [-0.25, -0.2) is 0 Å². The number of rotatable bonds is 6. The highest BCUT2D eigenvalue weighted by Gasteiger charge is 2.49. The minimum atomic E-state index is -0.585. The summed E-state index contributed by atoms with van der Waals surface area (Å²) in [5, 5.41) is 14.0. The molecule has 0 bridgehead atoms. The van der Waals surface area contributed by atoms with Crippen molar-refractivity contribution in [2.45, 2.75) is 64.7 Å². The van der Waals surface area contributed by atoms with Crippen molar-refractivity contribution in [3.05, 3.63) is 0 Å². The maximum absolute atomic E-state index is 10.5. The van der Waals surface area contributed by atoms with Crippen molar-refractivity contribution < 1.29 is 14.6 Å². The predicted molar refractivity (Wildman–Crippen MR) is 79.8 cm³/mol. The lowest BCUT2D eigenvalue weighted by atomic mass is 9.64. The van der Waals surface area contributed by atoms with Crippen molar-refractivity contribution in [3.8, 4) is 0 Å². The Morgan fingerprint density at radius 3 is 2.50 bits per heavy atom. The Hall–Kier alpha value is -0.160. The first kappa shape index (κ1) is 16.2. The van der Waals surface area contributed by atoms with Crippen LogP contribution in [0.5, 0.6) is 0 Å². The van der Waals surface area contributed by atoms with Gasteiger partial charge in [0.05, 0.1) is 11.7 Å². The van der Waals surface area contributed by atoms with Crippen LogP contribution in [0, 0.1) is 11.3 Å². The monoisotopic (exact) mass is 285 g/mol. The second kappa shape index (κ2) is 6.30. The Labute approximate surface area is 123 Å². The van der Waals surface area contributed by atoms with Crippen LogP contribution in [-0.2, 0) is 9.47 Å². The molecule has 0 amide bonds. The molecule has 1 saturated heterocycles. The largest absolute Gasteiger partial charge is 0.388 e. The first-order valence-electron chi connectivity index (χ1n) is 7.99. The summed E-state index contributed by atoms with van der Waals surface area (Å²) in [4.78, 5) is 0. The van der Waals surface area contributed by atoms with E-state index in [1.165, 1.54) is 0 Å². The van der Waals surface area contributed by atoms with Gasteiger partial charge in [0.25, 0.3) is 0 Å². The average Bonchev–Trinajstić information content (AvgIpc) is 2.37.